The Balaban J connectivity index is 2.15. The third kappa shape index (κ3) is 10.3. The highest BCUT2D eigenvalue weighted by molar-refractivity contribution is 7.99. The molecule has 0 aromatic carbocycles. The number of thioether (sulfide) groups is 1. The van der Waals surface area contributed by atoms with Crippen LogP contribution in [0.2, 0.25) is 0 Å². The van der Waals surface area contributed by atoms with Crippen molar-refractivity contribution in [3.8, 4) is 0 Å². The zero-order valence-corrected chi connectivity index (χ0v) is 15.3. The molecule has 6 nitrogen and oxygen atoms in total. The fourth-order valence-corrected chi connectivity index (χ4v) is 3.45. The molecule has 1 aromatic heterocycles. The maximum Gasteiger partial charge on any atom is 0.227 e. The minimum atomic E-state index is -0.362. The molecular weight excluding hydrogens is 332 g/mol. The zero-order chi connectivity index (χ0) is 16.9. The fourth-order valence-electron chi connectivity index (χ4n) is 1.98. The number of amides is 2. The lowest BCUT2D eigenvalue weighted by atomic mass is 10.1. The number of carbonyl (C=O) groups is 2. The van der Waals surface area contributed by atoms with Gasteiger partial charge in [0.05, 0.1) is 5.75 Å². The second-order valence-corrected chi connectivity index (χ2v) is 7.50. The lowest BCUT2D eigenvalue weighted by molar-refractivity contribution is -0.116. The summed E-state index contributed by atoms with van der Waals surface area (Å²) < 4.78 is 0. The minimum absolute atomic E-state index is 0.107. The molecule has 2 amide bonds. The average molecular weight is 359 g/mol. The molecule has 0 aliphatic heterocycles. The van der Waals surface area contributed by atoms with Crippen LogP contribution in [0.1, 0.15) is 56.9 Å². The monoisotopic (exact) mass is 358 g/mol. The molecular formula is C15H26N4O2S2. The number of carbonyl (C=O) groups excluding carboxylic acids is 2. The molecule has 0 saturated heterocycles. The molecule has 1 heterocycles. The number of anilines is 1. The van der Waals surface area contributed by atoms with Crippen LogP contribution in [0.25, 0.3) is 0 Å². The Labute approximate surface area is 146 Å². The Bertz CT molecular complexity index is 480. The molecule has 0 atom stereocenters. The molecule has 0 spiro atoms. The minimum Gasteiger partial charge on any atom is -0.369 e. The van der Waals surface area contributed by atoms with Gasteiger partial charge in [0.15, 0.2) is 0 Å². The van der Waals surface area contributed by atoms with E-state index in [1.54, 1.807) is 0 Å². The summed E-state index contributed by atoms with van der Waals surface area (Å²) in [5.74, 6) is 0.343. The highest BCUT2D eigenvalue weighted by atomic mass is 32.2. The molecule has 8 heteroatoms. The van der Waals surface area contributed by atoms with Crippen LogP contribution in [0, 0.1) is 0 Å². The second kappa shape index (κ2) is 12.3. The second-order valence-electron chi connectivity index (χ2n) is 5.34. The molecule has 0 bridgehead atoms. The first kappa shape index (κ1) is 19.9. The first-order valence-corrected chi connectivity index (χ1v) is 10.1. The number of aryl methyl sites for hydroxylation is 1. The number of primary amides is 1. The molecule has 1 aromatic rings. The van der Waals surface area contributed by atoms with Crippen LogP contribution in [0.15, 0.2) is 0 Å². The molecule has 0 aliphatic carbocycles. The molecule has 0 aliphatic rings. The van der Waals surface area contributed by atoms with Gasteiger partial charge in [0.2, 0.25) is 16.9 Å². The van der Waals surface area contributed by atoms with Gasteiger partial charge in [-0.05, 0) is 6.42 Å². The summed E-state index contributed by atoms with van der Waals surface area (Å²) in [5.41, 5.74) is 5.03. The number of hydrogen-bond acceptors (Lipinski definition) is 6. The van der Waals surface area contributed by atoms with E-state index >= 15 is 0 Å². The van der Waals surface area contributed by atoms with E-state index in [2.05, 4.69) is 22.4 Å². The van der Waals surface area contributed by atoms with Crippen molar-refractivity contribution in [1.29, 1.82) is 0 Å². The third-order valence-corrected chi connectivity index (χ3v) is 5.06. The lowest BCUT2D eigenvalue weighted by Crippen LogP contribution is -2.15. The maximum atomic E-state index is 11.7. The van der Waals surface area contributed by atoms with Crippen molar-refractivity contribution in [2.45, 2.75) is 58.3 Å². The Kier molecular flexibility index (Phi) is 10.6. The van der Waals surface area contributed by atoms with Crippen LogP contribution in [0.5, 0.6) is 0 Å². The lowest BCUT2D eigenvalue weighted by Gasteiger charge is -2.00. The molecule has 130 valence electrons. The molecule has 3 N–H and O–H groups in total. The van der Waals surface area contributed by atoms with E-state index in [4.69, 9.17) is 5.73 Å². The number of aromatic nitrogens is 2. The van der Waals surface area contributed by atoms with E-state index in [-0.39, 0.29) is 17.6 Å². The number of unbranched alkanes of at least 4 members (excludes halogenated alkanes) is 5. The quantitative estimate of drug-likeness (QED) is 0.528. The Morgan fingerprint density at radius 1 is 1.17 bits per heavy atom. The van der Waals surface area contributed by atoms with Crippen LogP contribution in [0.4, 0.5) is 5.13 Å². The van der Waals surface area contributed by atoms with Gasteiger partial charge in [-0.3, -0.25) is 9.59 Å². The van der Waals surface area contributed by atoms with Crippen molar-refractivity contribution in [2.24, 2.45) is 5.73 Å². The Morgan fingerprint density at radius 2 is 1.91 bits per heavy atom. The standard InChI is InChI=1S/C15H26N4O2S2/c1-2-3-4-5-6-7-8-14-18-19-15(23-14)17-13(21)9-10-22-11-12(16)20/h2-11H2,1H3,(H2,16,20)(H,17,19,21). The van der Waals surface area contributed by atoms with Crippen molar-refractivity contribution >= 4 is 40.0 Å². The summed E-state index contributed by atoms with van der Waals surface area (Å²) in [4.78, 5) is 22.3. The highest BCUT2D eigenvalue weighted by Gasteiger charge is 2.08. The summed E-state index contributed by atoms with van der Waals surface area (Å²) in [6.07, 6.45) is 8.76. The molecule has 0 saturated carbocycles. The molecule has 0 radical (unpaired) electrons. The maximum absolute atomic E-state index is 11.7. The van der Waals surface area contributed by atoms with Crippen molar-refractivity contribution in [1.82, 2.24) is 10.2 Å². The van der Waals surface area contributed by atoms with Gasteiger partial charge in [0.25, 0.3) is 0 Å². The number of hydrogen-bond donors (Lipinski definition) is 2. The van der Waals surface area contributed by atoms with E-state index in [1.807, 2.05) is 0 Å². The molecule has 0 unspecified atom stereocenters. The molecule has 0 fully saturated rings. The van der Waals surface area contributed by atoms with Crippen molar-refractivity contribution in [3.05, 3.63) is 5.01 Å². The normalized spacial score (nSPS) is 10.7. The van der Waals surface area contributed by atoms with Gasteiger partial charge < -0.3 is 11.1 Å². The smallest absolute Gasteiger partial charge is 0.227 e. The first-order chi connectivity index (χ1) is 11.1. The Hall–Kier alpha value is -1.15. The van der Waals surface area contributed by atoms with E-state index in [0.29, 0.717) is 17.3 Å². The average Bonchev–Trinajstić information content (AvgIpc) is 2.94. The van der Waals surface area contributed by atoms with Crippen LogP contribution in [-0.2, 0) is 16.0 Å². The fraction of sp³-hybridized carbons (Fsp3) is 0.733. The summed E-state index contributed by atoms with van der Waals surface area (Å²) in [6, 6.07) is 0. The molecule has 1 rings (SSSR count). The van der Waals surface area contributed by atoms with Crippen molar-refractivity contribution in [3.63, 3.8) is 0 Å². The summed E-state index contributed by atoms with van der Waals surface area (Å²) in [5, 5.41) is 12.4. The van der Waals surface area contributed by atoms with Gasteiger partial charge in [0, 0.05) is 18.6 Å². The third-order valence-electron chi connectivity index (χ3n) is 3.18. The number of nitrogens with two attached hydrogens (primary N) is 1. The van der Waals surface area contributed by atoms with E-state index < -0.39 is 0 Å². The first-order valence-electron chi connectivity index (χ1n) is 8.10. The summed E-state index contributed by atoms with van der Waals surface area (Å²) in [6.45, 7) is 2.22. The van der Waals surface area contributed by atoms with Crippen molar-refractivity contribution in [2.75, 3.05) is 16.8 Å². The van der Waals surface area contributed by atoms with Gasteiger partial charge in [-0.25, -0.2) is 0 Å². The van der Waals surface area contributed by atoms with Crippen molar-refractivity contribution < 1.29 is 9.59 Å². The zero-order valence-electron chi connectivity index (χ0n) is 13.7. The van der Waals surface area contributed by atoms with E-state index in [0.717, 1.165) is 17.8 Å². The molecule has 23 heavy (non-hydrogen) atoms. The van der Waals surface area contributed by atoms with Gasteiger partial charge in [-0.2, -0.15) is 11.8 Å². The predicted molar refractivity (Wildman–Crippen MR) is 96.8 cm³/mol. The van der Waals surface area contributed by atoms with E-state index in [1.165, 1.54) is 55.2 Å². The van der Waals surface area contributed by atoms with Gasteiger partial charge in [-0.1, -0.05) is 50.4 Å². The van der Waals surface area contributed by atoms with Crippen LogP contribution < -0.4 is 11.1 Å². The van der Waals surface area contributed by atoms with Gasteiger partial charge in [-0.15, -0.1) is 10.2 Å². The highest BCUT2D eigenvalue weighted by Crippen LogP contribution is 2.18. The largest absolute Gasteiger partial charge is 0.369 e. The van der Waals surface area contributed by atoms with Crippen LogP contribution in [-0.4, -0.2) is 33.5 Å². The summed E-state index contributed by atoms with van der Waals surface area (Å²) >= 11 is 2.80. The topological polar surface area (TPSA) is 98.0 Å². The SMILES string of the molecule is CCCCCCCCc1nnc(NC(=O)CCSCC(N)=O)s1. The van der Waals surface area contributed by atoms with Gasteiger partial charge in [0.1, 0.15) is 5.01 Å². The van der Waals surface area contributed by atoms with Gasteiger partial charge >= 0.3 is 0 Å². The van der Waals surface area contributed by atoms with E-state index in [9.17, 15) is 9.59 Å². The Morgan fingerprint density at radius 3 is 2.65 bits per heavy atom. The predicted octanol–water partition coefficient (Wildman–Crippen LogP) is 2.99. The van der Waals surface area contributed by atoms with Crippen LogP contribution in [0.3, 0.4) is 0 Å². The number of rotatable bonds is 13. The number of nitrogens with one attached hydrogen (secondary N) is 1. The number of nitrogens with zero attached hydrogens (tertiary/aromatic N) is 2. The summed E-state index contributed by atoms with van der Waals surface area (Å²) in [7, 11) is 0. The van der Waals surface area contributed by atoms with Crippen LogP contribution >= 0.6 is 23.1 Å².